The number of aliphatic carboxylic acids is 1. The van der Waals surface area contributed by atoms with Crippen molar-refractivity contribution in [3.05, 3.63) is 28.8 Å². The first-order valence-electron chi connectivity index (χ1n) is 14.6. The highest BCUT2D eigenvalue weighted by molar-refractivity contribution is 5.70. The molecule has 0 aliphatic carbocycles. The first-order valence-corrected chi connectivity index (χ1v) is 14.6. The van der Waals surface area contributed by atoms with E-state index in [4.69, 9.17) is 0 Å². The third-order valence-corrected chi connectivity index (χ3v) is 7.16. The monoisotopic (exact) mass is 474 g/mol. The zero-order valence-corrected chi connectivity index (χ0v) is 22.7. The number of carboxylic acid groups (broad SMARTS) is 1. The highest BCUT2D eigenvalue weighted by Crippen LogP contribution is 2.30. The molecule has 0 bridgehead atoms. The third-order valence-electron chi connectivity index (χ3n) is 7.16. The van der Waals surface area contributed by atoms with E-state index in [-0.39, 0.29) is 5.92 Å². The van der Waals surface area contributed by atoms with E-state index in [0.717, 1.165) is 74.5 Å². The number of hydrogen-bond acceptors (Lipinski definition) is 2. The van der Waals surface area contributed by atoms with Crippen molar-refractivity contribution in [2.24, 2.45) is 5.92 Å². The molecule has 1 aromatic rings. The number of aryl methyl sites for hydroxylation is 2. The topological polar surface area (TPSA) is 57.5 Å². The minimum Gasteiger partial charge on any atom is -0.507 e. The average Bonchev–Trinajstić information content (AvgIpc) is 2.82. The predicted octanol–water partition coefficient (Wildman–Crippen LogP) is 9.41. The molecule has 0 fully saturated rings. The number of rotatable bonds is 22. The highest BCUT2D eigenvalue weighted by Gasteiger charge is 2.19. The second-order valence-electron chi connectivity index (χ2n) is 10.4. The van der Waals surface area contributed by atoms with Gasteiger partial charge in [0.05, 0.1) is 5.92 Å². The fraction of sp³-hybridized carbons (Fsp3) is 0.774. The van der Waals surface area contributed by atoms with Crippen LogP contribution in [0.3, 0.4) is 0 Å². The lowest BCUT2D eigenvalue weighted by molar-refractivity contribution is -0.142. The fourth-order valence-corrected chi connectivity index (χ4v) is 4.89. The van der Waals surface area contributed by atoms with E-state index < -0.39 is 5.97 Å². The minimum atomic E-state index is -0.679. The Hall–Kier alpha value is -1.51. The second-order valence-corrected chi connectivity index (χ2v) is 10.4. The molecule has 1 aromatic carbocycles. The molecule has 3 heteroatoms. The summed E-state index contributed by atoms with van der Waals surface area (Å²) in [5.41, 5.74) is 3.08. The Morgan fingerprint density at radius 2 is 1.09 bits per heavy atom. The van der Waals surface area contributed by atoms with Crippen molar-refractivity contribution >= 4 is 5.97 Å². The molecule has 0 aliphatic heterocycles. The van der Waals surface area contributed by atoms with Crippen LogP contribution >= 0.6 is 0 Å². The molecule has 0 aliphatic rings. The van der Waals surface area contributed by atoms with E-state index in [0.29, 0.717) is 12.2 Å². The van der Waals surface area contributed by atoms with E-state index in [1.54, 1.807) is 0 Å². The van der Waals surface area contributed by atoms with Gasteiger partial charge in [-0.25, -0.2) is 0 Å². The molecule has 0 aromatic heterocycles. The molecule has 1 rings (SSSR count). The molecular formula is C31H54O3. The normalized spacial score (nSPS) is 12.2. The van der Waals surface area contributed by atoms with Crippen LogP contribution in [0, 0.1) is 5.92 Å². The zero-order chi connectivity index (χ0) is 25.0. The van der Waals surface area contributed by atoms with Gasteiger partial charge >= 0.3 is 5.97 Å². The second kappa shape index (κ2) is 19.8. The van der Waals surface area contributed by atoms with Crippen molar-refractivity contribution in [2.45, 2.75) is 149 Å². The molecule has 0 saturated carbocycles. The van der Waals surface area contributed by atoms with Crippen LogP contribution in [0.1, 0.15) is 147 Å². The molecule has 2 N–H and O–H groups in total. The lowest BCUT2D eigenvalue weighted by Crippen LogP contribution is -2.17. The average molecular weight is 475 g/mol. The number of phenolic OH excluding ortho intramolecular Hbond substituents is 1. The van der Waals surface area contributed by atoms with Gasteiger partial charge in [0.1, 0.15) is 5.75 Å². The number of phenols is 1. The van der Waals surface area contributed by atoms with Gasteiger partial charge in [0.15, 0.2) is 0 Å². The van der Waals surface area contributed by atoms with Crippen LogP contribution in [-0.2, 0) is 24.1 Å². The number of benzene rings is 1. The Bertz CT molecular complexity index is 623. The van der Waals surface area contributed by atoms with Crippen LogP contribution in [-0.4, -0.2) is 16.2 Å². The van der Waals surface area contributed by atoms with Crippen LogP contribution < -0.4 is 0 Å². The summed E-state index contributed by atoms with van der Waals surface area (Å²) in [6.45, 7) is 6.59. The summed E-state index contributed by atoms with van der Waals surface area (Å²) in [4.78, 5) is 12.0. The molecule has 0 saturated heterocycles. The Morgan fingerprint density at radius 3 is 1.50 bits per heavy atom. The van der Waals surface area contributed by atoms with Crippen molar-refractivity contribution in [3.8, 4) is 5.75 Å². The Balaban J connectivity index is 2.45. The smallest absolute Gasteiger partial charge is 0.306 e. The molecule has 196 valence electrons. The van der Waals surface area contributed by atoms with Gasteiger partial charge in [-0.1, -0.05) is 123 Å². The van der Waals surface area contributed by atoms with Gasteiger partial charge in [0.2, 0.25) is 0 Å². The number of aromatic hydroxyl groups is 1. The lowest BCUT2D eigenvalue weighted by atomic mass is 9.89. The molecular weight excluding hydrogens is 420 g/mol. The number of hydrogen-bond donors (Lipinski definition) is 2. The molecule has 3 nitrogen and oxygen atoms in total. The summed E-state index contributed by atoms with van der Waals surface area (Å²) in [6, 6.07) is 4.14. The number of carboxylic acids is 1. The van der Waals surface area contributed by atoms with Crippen LogP contribution in [0.15, 0.2) is 12.1 Å². The fourth-order valence-electron chi connectivity index (χ4n) is 4.89. The molecule has 1 unspecified atom stereocenters. The molecule has 34 heavy (non-hydrogen) atoms. The van der Waals surface area contributed by atoms with Gasteiger partial charge in [-0.05, 0) is 55.2 Å². The van der Waals surface area contributed by atoms with Crippen molar-refractivity contribution in [3.63, 3.8) is 0 Å². The van der Waals surface area contributed by atoms with Crippen molar-refractivity contribution in [2.75, 3.05) is 0 Å². The summed E-state index contributed by atoms with van der Waals surface area (Å²) >= 11 is 0. The van der Waals surface area contributed by atoms with Gasteiger partial charge in [-0.3, -0.25) is 4.79 Å². The number of carbonyl (C=O) groups is 1. The van der Waals surface area contributed by atoms with E-state index in [2.05, 4.69) is 32.9 Å². The minimum absolute atomic E-state index is 0.328. The van der Waals surface area contributed by atoms with Crippen LogP contribution in [0.2, 0.25) is 0 Å². The van der Waals surface area contributed by atoms with Crippen molar-refractivity contribution in [1.82, 2.24) is 0 Å². The maximum atomic E-state index is 12.0. The molecule has 0 amide bonds. The van der Waals surface area contributed by atoms with Crippen molar-refractivity contribution in [1.29, 1.82) is 0 Å². The van der Waals surface area contributed by atoms with Gasteiger partial charge in [-0.15, -0.1) is 0 Å². The quantitative estimate of drug-likeness (QED) is 0.164. The van der Waals surface area contributed by atoms with Gasteiger partial charge in [-0.2, -0.15) is 0 Å². The predicted molar refractivity (Wildman–Crippen MR) is 146 cm³/mol. The molecule has 0 heterocycles. The summed E-state index contributed by atoms with van der Waals surface area (Å²) in [7, 11) is 0. The zero-order valence-electron chi connectivity index (χ0n) is 22.7. The van der Waals surface area contributed by atoms with Crippen LogP contribution in [0.5, 0.6) is 5.75 Å². The van der Waals surface area contributed by atoms with E-state index >= 15 is 0 Å². The summed E-state index contributed by atoms with van der Waals surface area (Å²) in [5.74, 6) is -0.564. The molecule has 1 atom stereocenters. The van der Waals surface area contributed by atoms with Gasteiger partial charge in [0.25, 0.3) is 0 Å². The Kier molecular flexibility index (Phi) is 17.7. The highest BCUT2D eigenvalue weighted by atomic mass is 16.4. The Labute approximate surface area is 210 Å². The maximum Gasteiger partial charge on any atom is 0.306 e. The van der Waals surface area contributed by atoms with E-state index in [1.807, 2.05) is 0 Å². The molecule has 0 radical (unpaired) electrons. The van der Waals surface area contributed by atoms with Gasteiger partial charge in [0, 0.05) is 0 Å². The first kappa shape index (κ1) is 30.5. The van der Waals surface area contributed by atoms with E-state index in [9.17, 15) is 15.0 Å². The van der Waals surface area contributed by atoms with Crippen LogP contribution in [0.25, 0.3) is 0 Å². The lowest BCUT2D eigenvalue weighted by Gasteiger charge is -2.16. The van der Waals surface area contributed by atoms with Crippen LogP contribution in [0.4, 0.5) is 0 Å². The summed E-state index contributed by atoms with van der Waals surface area (Å²) in [5, 5.41) is 20.6. The number of unbranched alkanes of at least 4 members (excludes halogenated alkanes) is 13. The summed E-state index contributed by atoms with van der Waals surface area (Å²) < 4.78 is 0. The first-order chi connectivity index (χ1) is 16.5. The molecule has 0 spiro atoms. The largest absolute Gasteiger partial charge is 0.507 e. The standard InChI is InChI=1S/C31H54O3/c1-4-7-10-11-12-13-14-15-16-17-18-19-22-29(31(33)34)25-26-23-27(20-8-5-2)30(32)28(24-26)21-9-6-3/h23-24,29,32H,4-22,25H2,1-3H3,(H,33,34). The third kappa shape index (κ3) is 13.4. The van der Waals surface area contributed by atoms with Gasteiger partial charge < -0.3 is 10.2 Å². The SMILES string of the molecule is CCCCCCCCCCCCCCC(Cc1cc(CCCC)c(O)c(CCCC)c1)C(=O)O. The maximum absolute atomic E-state index is 12.0. The van der Waals surface area contributed by atoms with Crippen molar-refractivity contribution < 1.29 is 15.0 Å². The summed E-state index contributed by atoms with van der Waals surface area (Å²) in [6.07, 6.45) is 22.9. The van der Waals surface area contributed by atoms with E-state index in [1.165, 1.54) is 64.2 Å². The Morgan fingerprint density at radius 1 is 0.676 bits per heavy atom.